The van der Waals surface area contributed by atoms with Gasteiger partial charge in [-0.25, -0.2) is 15.0 Å². The van der Waals surface area contributed by atoms with Gasteiger partial charge in [-0.05, 0) is 22.0 Å². The first-order chi connectivity index (χ1) is 8.78. The van der Waals surface area contributed by atoms with Crippen molar-refractivity contribution in [1.82, 2.24) is 19.5 Å². The molecular formula is C11H8BrClN4S. The SMILES string of the molecule is ClCc1nc2cc(Br)cnc2n1Cc1cscn1. The van der Waals surface area contributed by atoms with Crippen LogP contribution >= 0.6 is 38.9 Å². The molecule has 0 aromatic carbocycles. The number of hydrogen-bond donors (Lipinski definition) is 0. The van der Waals surface area contributed by atoms with Crippen molar-refractivity contribution in [3.63, 3.8) is 0 Å². The van der Waals surface area contributed by atoms with E-state index >= 15 is 0 Å². The van der Waals surface area contributed by atoms with Crippen LogP contribution in [0.4, 0.5) is 0 Å². The van der Waals surface area contributed by atoms with Crippen LogP contribution in [0.25, 0.3) is 11.2 Å². The summed E-state index contributed by atoms with van der Waals surface area (Å²) in [5.74, 6) is 1.17. The van der Waals surface area contributed by atoms with Gasteiger partial charge in [0.05, 0.1) is 23.6 Å². The highest BCUT2D eigenvalue weighted by atomic mass is 79.9. The summed E-state index contributed by atoms with van der Waals surface area (Å²) >= 11 is 10.9. The van der Waals surface area contributed by atoms with Gasteiger partial charge < -0.3 is 4.57 Å². The van der Waals surface area contributed by atoms with E-state index in [-0.39, 0.29) is 0 Å². The number of imidazole rings is 1. The smallest absolute Gasteiger partial charge is 0.160 e. The van der Waals surface area contributed by atoms with E-state index in [0.717, 1.165) is 27.2 Å². The Morgan fingerprint density at radius 2 is 2.28 bits per heavy atom. The van der Waals surface area contributed by atoms with Crippen molar-refractivity contribution >= 4 is 50.0 Å². The molecule has 3 aromatic rings. The molecule has 0 fully saturated rings. The zero-order valence-corrected chi connectivity index (χ0v) is 12.3. The average molecular weight is 344 g/mol. The fourth-order valence-corrected chi connectivity index (χ4v) is 2.85. The summed E-state index contributed by atoms with van der Waals surface area (Å²) in [6.07, 6.45) is 1.76. The second-order valence-electron chi connectivity index (χ2n) is 3.72. The minimum absolute atomic E-state index is 0.359. The topological polar surface area (TPSA) is 43.6 Å². The zero-order chi connectivity index (χ0) is 12.5. The molecule has 3 rings (SSSR count). The molecule has 0 saturated carbocycles. The van der Waals surface area contributed by atoms with E-state index in [0.29, 0.717) is 12.4 Å². The van der Waals surface area contributed by atoms with E-state index < -0.39 is 0 Å². The van der Waals surface area contributed by atoms with Crippen LogP contribution in [-0.2, 0) is 12.4 Å². The summed E-state index contributed by atoms with van der Waals surface area (Å²) in [6, 6.07) is 1.94. The summed E-state index contributed by atoms with van der Waals surface area (Å²) in [5, 5.41) is 2.02. The van der Waals surface area contributed by atoms with Crippen LogP contribution in [0.15, 0.2) is 27.6 Å². The van der Waals surface area contributed by atoms with Crippen LogP contribution in [0, 0.1) is 0 Å². The monoisotopic (exact) mass is 342 g/mol. The number of hydrogen-bond acceptors (Lipinski definition) is 4. The Balaban J connectivity index is 2.13. The number of thiazole rings is 1. The minimum atomic E-state index is 0.359. The number of aromatic nitrogens is 4. The van der Waals surface area contributed by atoms with Gasteiger partial charge in [0, 0.05) is 16.0 Å². The molecule has 18 heavy (non-hydrogen) atoms. The lowest BCUT2D eigenvalue weighted by molar-refractivity contribution is 0.755. The van der Waals surface area contributed by atoms with Gasteiger partial charge in [0.2, 0.25) is 0 Å². The molecule has 3 aromatic heterocycles. The molecule has 0 aliphatic rings. The molecule has 0 aliphatic carbocycles. The lowest BCUT2D eigenvalue weighted by Gasteiger charge is -2.04. The highest BCUT2D eigenvalue weighted by Gasteiger charge is 2.12. The Morgan fingerprint density at radius 3 is 3.00 bits per heavy atom. The Bertz CT molecular complexity index is 680. The molecule has 0 atom stereocenters. The Labute approximate surface area is 121 Å². The van der Waals surface area contributed by atoms with E-state index in [1.807, 2.05) is 21.5 Å². The van der Waals surface area contributed by atoms with Crippen molar-refractivity contribution in [3.8, 4) is 0 Å². The third-order valence-corrected chi connectivity index (χ3v) is 3.86. The number of pyridine rings is 1. The van der Waals surface area contributed by atoms with Gasteiger partial charge >= 0.3 is 0 Å². The van der Waals surface area contributed by atoms with E-state index in [9.17, 15) is 0 Å². The second kappa shape index (κ2) is 4.95. The normalized spacial score (nSPS) is 11.2. The highest BCUT2D eigenvalue weighted by molar-refractivity contribution is 9.10. The highest BCUT2D eigenvalue weighted by Crippen LogP contribution is 2.20. The van der Waals surface area contributed by atoms with Crippen LogP contribution in [0.5, 0.6) is 0 Å². The maximum Gasteiger partial charge on any atom is 0.160 e. The van der Waals surface area contributed by atoms with E-state index in [4.69, 9.17) is 11.6 Å². The quantitative estimate of drug-likeness (QED) is 0.684. The van der Waals surface area contributed by atoms with Crippen molar-refractivity contribution < 1.29 is 0 Å². The van der Waals surface area contributed by atoms with Crippen LogP contribution in [0.1, 0.15) is 11.5 Å². The predicted octanol–water partition coefficient (Wildman–Crippen LogP) is 3.44. The molecule has 0 unspecified atom stereocenters. The summed E-state index contributed by atoms with van der Waals surface area (Å²) in [5.41, 5.74) is 4.49. The van der Waals surface area contributed by atoms with E-state index in [1.54, 1.807) is 17.5 Å². The zero-order valence-electron chi connectivity index (χ0n) is 9.18. The molecule has 0 aliphatic heterocycles. The number of fused-ring (bicyclic) bond motifs is 1. The second-order valence-corrected chi connectivity index (χ2v) is 5.63. The van der Waals surface area contributed by atoms with Crippen molar-refractivity contribution in [2.75, 3.05) is 0 Å². The van der Waals surface area contributed by atoms with Crippen molar-refractivity contribution in [2.24, 2.45) is 0 Å². The van der Waals surface area contributed by atoms with Gasteiger partial charge in [-0.1, -0.05) is 0 Å². The lowest BCUT2D eigenvalue weighted by Crippen LogP contribution is -2.04. The third-order valence-electron chi connectivity index (χ3n) is 2.55. The van der Waals surface area contributed by atoms with Crippen molar-refractivity contribution in [2.45, 2.75) is 12.4 Å². The number of rotatable bonds is 3. The first-order valence-corrected chi connectivity index (χ1v) is 7.48. The van der Waals surface area contributed by atoms with E-state index in [1.165, 1.54) is 0 Å². The molecule has 92 valence electrons. The van der Waals surface area contributed by atoms with Crippen LogP contribution in [-0.4, -0.2) is 19.5 Å². The molecule has 0 bridgehead atoms. The fourth-order valence-electron chi connectivity index (χ4n) is 1.78. The third kappa shape index (κ3) is 2.15. The molecule has 3 heterocycles. The lowest BCUT2D eigenvalue weighted by atomic mass is 10.4. The molecule has 0 saturated heterocycles. The largest absolute Gasteiger partial charge is 0.306 e. The van der Waals surface area contributed by atoms with Gasteiger partial charge in [-0.3, -0.25) is 0 Å². The van der Waals surface area contributed by atoms with Crippen molar-refractivity contribution in [1.29, 1.82) is 0 Å². The van der Waals surface area contributed by atoms with Crippen molar-refractivity contribution in [3.05, 3.63) is 39.1 Å². The Kier molecular flexibility index (Phi) is 3.32. The van der Waals surface area contributed by atoms with Gasteiger partial charge in [-0.2, -0.15) is 0 Å². The summed E-state index contributed by atoms with van der Waals surface area (Å²) in [4.78, 5) is 13.2. The van der Waals surface area contributed by atoms with Gasteiger partial charge in [0.1, 0.15) is 11.3 Å². The molecule has 7 heteroatoms. The standard InChI is InChI=1S/C11H8BrClN4S/c12-7-1-9-11(14-3-7)17(10(2-13)16-9)4-8-5-18-6-15-8/h1,3,5-6H,2,4H2. The summed E-state index contributed by atoms with van der Waals surface area (Å²) in [7, 11) is 0. The summed E-state index contributed by atoms with van der Waals surface area (Å²) in [6.45, 7) is 0.649. The summed E-state index contributed by atoms with van der Waals surface area (Å²) < 4.78 is 2.92. The Hall–Kier alpha value is -0.980. The number of alkyl halides is 1. The van der Waals surface area contributed by atoms with Crippen LogP contribution in [0.3, 0.4) is 0 Å². The first kappa shape index (κ1) is 12.1. The Morgan fingerprint density at radius 1 is 1.39 bits per heavy atom. The van der Waals surface area contributed by atoms with Crippen LogP contribution < -0.4 is 0 Å². The fraction of sp³-hybridized carbons (Fsp3) is 0.182. The molecule has 0 N–H and O–H groups in total. The molecular weight excluding hydrogens is 336 g/mol. The number of halogens is 2. The van der Waals surface area contributed by atoms with Gasteiger partial charge in [0.25, 0.3) is 0 Å². The predicted molar refractivity (Wildman–Crippen MR) is 76.0 cm³/mol. The minimum Gasteiger partial charge on any atom is -0.306 e. The van der Waals surface area contributed by atoms with E-state index in [2.05, 4.69) is 30.9 Å². The van der Waals surface area contributed by atoms with Crippen LogP contribution in [0.2, 0.25) is 0 Å². The maximum absolute atomic E-state index is 5.94. The van der Waals surface area contributed by atoms with Gasteiger partial charge in [-0.15, -0.1) is 22.9 Å². The number of nitrogens with zero attached hydrogens (tertiary/aromatic N) is 4. The maximum atomic E-state index is 5.94. The molecule has 0 spiro atoms. The van der Waals surface area contributed by atoms with Gasteiger partial charge in [0.15, 0.2) is 5.65 Å². The first-order valence-electron chi connectivity index (χ1n) is 5.21. The average Bonchev–Trinajstić information content (AvgIpc) is 2.97. The molecule has 0 amide bonds. The molecule has 0 radical (unpaired) electrons. The molecule has 4 nitrogen and oxygen atoms in total.